The normalized spacial score (nSPS) is 15.2. The van der Waals surface area contributed by atoms with Gasteiger partial charge in [0.15, 0.2) is 0 Å². The number of urea groups is 1. The first-order valence-corrected chi connectivity index (χ1v) is 10.5. The summed E-state index contributed by atoms with van der Waals surface area (Å²) in [7, 11) is 1.67. The first-order chi connectivity index (χ1) is 14.0. The van der Waals surface area contributed by atoms with E-state index in [4.69, 9.17) is 4.74 Å². The molecule has 1 N–H and O–H groups in total. The molecule has 3 rings (SSSR count). The predicted molar refractivity (Wildman–Crippen MR) is 119 cm³/mol. The lowest BCUT2D eigenvalue weighted by Gasteiger charge is -2.38. The topological polar surface area (TPSA) is 44.8 Å². The molecule has 2 aromatic carbocycles. The van der Waals surface area contributed by atoms with Crippen LogP contribution in [0.2, 0.25) is 0 Å². The lowest BCUT2D eigenvalue weighted by Crippen LogP contribution is -2.48. The number of anilines is 1. The van der Waals surface area contributed by atoms with Gasteiger partial charge in [-0.25, -0.2) is 4.79 Å². The van der Waals surface area contributed by atoms with Crippen molar-refractivity contribution in [3.05, 3.63) is 59.2 Å². The van der Waals surface area contributed by atoms with Crippen LogP contribution in [0.25, 0.3) is 0 Å². The highest BCUT2D eigenvalue weighted by molar-refractivity contribution is 5.89. The second-order valence-corrected chi connectivity index (χ2v) is 7.95. The Morgan fingerprint density at radius 2 is 1.83 bits per heavy atom. The van der Waals surface area contributed by atoms with Gasteiger partial charge in [-0.15, -0.1) is 0 Å². The molecule has 156 valence electrons. The van der Waals surface area contributed by atoms with E-state index in [9.17, 15) is 4.79 Å². The van der Waals surface area contributed by atoms with Crippen molar-refractivity contribution in [3.63, 3.8) is 0 Å². The number of hydrogen-bond donors (Lipinski definition) is 1. The molecule has 2 amide bonds. The van der Waals surface area contributed by atoms with E-state index in [1.807, 2.05) is 35.2 Å². The van der Waals surface area contributed by atoms with Gasteiger partial charge in [-0.3, -0.25) is 0 Å². The lowest BCUT2D eigenvalue weighted by molar-refractivity contribution is 0.126. The Hall–Kier alpha value is -2.53. The highest BCUT2D eigenvalue weighted by Gasteiger charge is 2.28. The monoisotopic (exact) mass is 395 g/mol. The number of nitrogens with zero attached hydrogens (tertiary/aromatic N) is 2. The summed E-state index contributed by atoms with van der Waals surface area (Å²) in [4.78, 5) is 17.8. The fraction of sp³-hybridized carbons (Fsp3) is 0.458. The van der Waals surface area contributed by atoms with Crippen LogP contribution >= 0.6 is 0 Å². The molecule has 0 radical (unpaired) electrons. The summed E-state index contributed by atoms with van der Waals surface area (Å²) >= 11 is 0. The molecule has 1 fully saturated rings. The van der Waals surface area contributed by atoms with Gasteiger partial charge in [0.25, 0.3) is 0 Å². The number of aryl methyl sites for hydroxylation is 2. The van der Waals surface area contributed by atoms with E-state index < -0.39 is 0 Å². The van der Waals surface area contributed by atoms with Gasteiger partial charge in [-0.05, 0) is 74.2 Å². The van der Waals surface area contributed by atoms with E-state index in [-0.39, 0.29) is 12.1 Å². The molecule has 0 atom stereocenters. The molecule has 1 aliphatic heterocycles. The van der Waals surface area contributed by atoms with Crippen LogP contribution in [0.1, 0.15) is 36.5 Å². The predicted octanol–water partition coefficient (Wildman–Crippen LogP) is 4.83. The molecule has 5 heteroatoms. The van der Waals surface area contributed by atoms with Gasteiger partial charge < -0.3 is 19.9 Å². The zero-order chi connectivity index (χ0) is 20.8. The maximum Gasteiger partial charge on any atom is 0.322 e. The first-order valence-electron chi connectivity index (χ1n) is 10.5. The Labute approximate surface area is 174 Å². The molecule has 29 heavy (non-hydrogen) atoms. The highest BCUT2D eigenvalue weighted by Crippen LogP contribution is 2.23. The maximum absolute atomic E-state index is 13.3. The van der Waals surface area contributed by atoms with Crippen molar-refractivity contribution < 1.29 is 9.53 Å². The molecule has 0 bridgehead atoms. The van der Waals surface area contributed by atoms with Crippen LogP contribution in [0.5, 0.6) is 5.75 Å². The second-order valence-electron chi connectivity index (χ2n) is 7.95. The number of carbonyl (C=O) groups is 1. The highest BCUT2D eigenvalue weighted by atomic mass is 16.5. The van der Waals surface area contributed by atoms with Gasteiger partial charge in [0, 0.05) is 31.4 Å². The first kappa shape index (κ1) is 21.2. The minimum Gasteiger partial charge on any atom is -0.497 e. The molecular weight excluding hydrogens is 362 g/mol. The van der Waals surface area contributed by atoms with E-state index in [1.165, 1.54) is 0 Å². The Bertz CT molecular complexity index is 808. The molecule has 0 spiro atoms. The molecule has 0 unspecified atom stereocenters. The smallest absolute Gasteiger partial charge is 0.322 e. The van der Waals surface area contributed by atoms with Crippen molar-refractivity contribution in [1.29, 1.82) is 0 Å². The fourth-order valence-corrected chi connectivity index (χ4v) is 4.12. The molecule has 0 aliphatic carbocycles. The number of rotatable bonds is 6. The van der Waals surface area contributed by atoms with E-state index in [0.717, 1.165) is 60.6 Å². The van der Waals surface area contributed by atoms with Gasteiger partial charge >= 0.3 is 6.03 Å². The molecule has 5 nitrogen and oxygen atoms in total. The van der Waals surface area contributed by atoms with Crippen molar-refractivity contribution in [3.8, 4) is 5.75 Å². The van der Waals surface area contributed by atoms with Gasteiger partial charge in [0.05, 0.1) is 7.11 Å². The van der Waals surface area contributed by atoms with Crippen LogP contribution in [0.15, 0.2) is 42.5 Å². The number of likely N-dealkylation sites (tertiary alicyclic amines) is 1. The summed E-state index contributed by atoms with van der Waals surface area (Å²) in [6, 6.07) is 14.3. The number of carbonyl (C=O) groups excluding carboxylic acids is 1. The Morgan fingerprint density at radius 3 is 2.45 bits per heavy atom. The lowest BCUT2D eigenvalue weighted by atomic mass is 10.0. The van der Waals surface area contributed by atoms with Crippen molar-refractivity contribution in [2.24, 2.45) is 0 Å². The Kier molecular flexibility index (Phi) is 7.15. The summed E-state index contributed by atoms with van der Waals surface area (Å²) in [5.74, 6) is 0.818. The maximum atomic E-state index is 13.3. The largest absolute Gasteiger partial charge is 0.497 e. The molecule has 0 saturated carbocycles. The average molecular weight is 396 g/mol. The third-order valence-electron chi connectivity index (χ3n) is 5.67. The number of benzene rings is 2. The summed E-state index contributed by atoms with van der Waals surface area (Å²) in [5, 5.41) is 3.14. The van der Waals surface area contributed by atoms with E-state index in [2.05, 4.69) is 43.1 Å². The molecule has 1 saturated heterocycles. The van der Waals surface area contributed by atoms with Crippen molar-refractivity contribution in [2.75, 3.05) is 32.1 Å². The number of ether oxygens (including phenoxy) is 1. The number of nitrogens with one attached hydrogen (secondary N) is 1. The summed E-state index contributed by atoms with van der Waals surface area (Å²) in [6.45, 7) is 10.0. The minimum atomic E-state index is -0.0345. The van der Waals surface area contributed by atoms with Gasteiger partial charge in [0.2, 0.25) is 0 Å². The van der Waals surface area contributed by atoms with Crippen molar-refractivity contribution in [1.82, 2.24) is 9.80 Å². The molecule has 0 aromatic heterocycles. The van der Waals surface area contributed by atoms with Crippen molar-refractivity contribution >= 4 is 11.7 Å². The van der Waals surface area contributed by atoms with Gasteiger partial charge in [0.1, 0.15) is 5.75 Å². The van der Waals surface area contributed by atoms with Crippen LogP contribution < -0.4 is 10.1 Å². The Balaban J connectivity index is 1.80. The SMILES string of the molecule is CCN1CCC(N(Cc2cccc(OC)c2)C(=O)Nc2cc(C)cc(C)c2)CC1. The summed E-state index contributed by atoms with van der Waals surface area (Å²) in [6.07, 6.45) is 2.00. The summed E-state index contributed by atoms with van der Waals surface area (Å²) < 4.78 is 5.37. The zero-order valence-corrected chi connectivity index (χ0v) is 18.1. The third kappa shape index (κ3) is 5.73. The number of piperidine rings is 1. The molecule has 1 aliphatic rings. The number of hydrogen-bond acceptors (Lipinski definition) is 3. The van der Waals surface area contributed by atoms with E-state index >= 15 is 0 Å². The van der Waals surface area contributed by atoms with Crippen LogP contribution in [0, 0.1) is 13.8 Å². The van der Waals surface area contributed by atoms with Crippen LogP contribution in [-0.2, 0) is 6.54 Å². The fourth-order valence-electron chi connectivity index (χ4n) is 4.12. The molecule has 2 aromatic rings. The van der Waals surface area contributed by atoms with Gasteiger partial charge in [-0.1, -0.05) is 25.1 Å². The van der Waals surface area contributed by atoms with E-state index in [1.54, 1.807) is 7.11 Å². The zero-order valence-electron chi connectivity index (χ0n) is 18.1. The second kappa shape index (κ2) is 9.79. The molecular formula is C24H33N3O2. The van der Waals surface area contributed by atoms with Crippen LogP contribution in [0.4, 0.5) is 10.5 Å². The third-order valence-corrected chi connectivity index (χ3v) is 5.67. The Morgan fingerprint density at radius 1 is 1.14 bits per heavy atom. The van der Waals surface area contributed by atoms with E-state index in [0.29, 0.717) is 6.54 Å². The van der Waals surface area contributed by atoms with Crippen molar-refractivity contribution in [2.45, 2.75) is 46.2 Å². The number of amides is 2. The minimum absolute atomic E-state index is 0.0345. The average Bonchev–Trinajstić information content (AvgIpc) is 2.71. The molecule has 1 heterocycles. The van der Waals surface area contributed by atoms with Crippen LogP contribution in [0.3, 0.4) is 0 Å². The quantitative estimate of drug-likeness (QED) is 0.762. The van der Waals surface area contributed by atoms with Gasteiger partial charge in [-0.2, -0.15) is 0 Å². The number of methoxy groups -OCH3 is 1. The summed E-state index contributed by atoms with van der Waals surface area (Å²) in [5.41, 5.74) is 4.23. The standard InChI is InChI=1S/C24H33N3O2/c1-5-26-11-9-22(10-12-26)27(17-20-7-6-8-23(16-20)29-4)24(28)25-21-14-18(2)13-19(3)15-21/h6-8,13-16,22H,5,9-12,17H2,1-4H3,(H,25,28). The van der Waals surface area contributed by atoms with Crippen LogP contribution in [-0.4, -0.2) is 48.6 Å².